The molecule has 1 N–H and O–H groups in total. The predicted molar refractivity (Wildman–Crippen MR) is 100 cm³/mol. The molecule has 128 valence electrons. The number of nitrogens with zero attached hydrogens (tertiary/aromatic N) is 1. The second-order valence-corrected chi connectivity index (χ2v) is 8.45. The van der Waals surface area contributed by atoms with Crippen LogP contribution in [0.3, 0.4) is 0 Å². The van der Waals surface area contributed by atoms with Crippen molar-refractivity contribution in [1.29, 1.82) is 0 Å². The molecule has 0 aliphatic rings. The molecule has 5 nitrogen and oxygen atoms in total. The van der Waals surface area contributed by atoms with Gasteiger partial charge in [0.2, 0.25) is 10.0 Å². The lowest BCUT2D eigenvalue weighted by atomic mass is 10.1. The van der Waals surface area contributed by atoms with Crippen LogP contribution in [0.15, 0.2) is 53.4 Å². The molecule has 24 heavy (non-hydrogen) atoms. The first-order chi connectivity index (χ1) is 11.3. The molecule has 0 radical (unpaired) electrons. The first kappa shape index (κ1) is 18.4. The molecule has 0 unspecified atom stereocenters. The lowest BCUT2D eigenvalue weighted by molar-refractivity contribution is 0.102. The van der Waals surface area contributed by atoms with Crippen LogP contribution in [0.1, 0.15) is 17.3 Å². The van der Waals surface area contributed by atoms with Crippen molar-refractivity contribution in [2.45, 2.75) is 11.8 Å². The van der Waals surface area contributed by atoms with E-state index in [0.29, 0.717) is 16.9 Å². The number of sulfonamides is 1. The van der Waals surface area contributed by atoms with Crippen molar-refractivity contribution in [3.8, 4) is 0 Å². The first-order valence-corrected chi connectivity index (χ1v) is 10.2. The number of rotatable bonds is 6. The van der Waals surface area contributed by atoms with Crippen LogP contribution in [0.25, 0.3) is 0 Å². The Morgan fingerprint density at radius 2 is 1.75 bits per heavy atom. The Morgan fingerprint density at radius 1 is 1.12 bits per heavy atom. The fourth-order valence-corrected chi connectivity index (χ4v) is 3.44. The van der Waals surface area contributed by atoms with Crippen LogP contribution in [0, 0.1) is 0 Å². The molecule has 2 aromatic rings. The van der Waals surface area contributed by atoms with E-state index in [9.17, 15) is 13.2 Å². The maximum Gasteiger partial charge on any atom is 0.257 e. The van der Waals surface area contributed by atoms with Crippen LogP contribution in [0.5, 0.6) is 0 Å². The number of amides is 1. The van der Waals surface area contributed by atoms with Crippen LogP contribution < -0.4 is 9.62 Å². The van der Waals surface area contributed by atoms with Gasteiger partial charge >= 0.3 is 0 Å². The summed E-state index contributed by atoms with van der Waals surface area (Å²) in [5.41, 5.74) is 1.37. The Kier molecular flexibility index (Phi) is 5.90. The molecule has 0 fully saturated rings. The number of carbonyl (C=O) groups excluding carboxylic acids is 1. The van der Waals surface area contributed by atoms with Crippen molar-refractivity contribution in [3.05, 3.63) is 54.1 Å². The lowest BCUT2D eigenvalue weighted by Gasteiger charge is -2.20. The Morgan fingerprint density at radius 3 is 2.42 bits per heavy atom. The summed E-state index contributed by atoms with van der Waals surface area (Å²) < 4.78 is 24.7. The minimum atomic E-state index is -3.45. The number of para-hydroxylation sites is 2. The SMILES string of the molecule is CCSc1ccccc1NC(=O)c1ccccc1N(C)S(C)(=O)=O. The van der Waals surface area contributed by atoms with Gasteiger partial charge < -0.3 is 5.32 Å². The third kappa shape index (κ3) is 4.30. The van der Waals surface area contributed by atoms with Gasteiger partial charge in [0.05, 0.1) is 23.2 Å². The van der Waals surface area contributed by atoms with Gasteiger partial charge in [-0.1, -0.05) is 31.2 Å². The van der Waals surface area contributed by atoms with E-state index in [1.54, 1.807) is 36.0 Å². The second-order valence-electron chi connectivity index (χ2n) is 5.13. The molecular formula is C17H20N2O3S2. The number of thioether (sulfide) groups is 1. The molecule has 0 aliphatic heterocycles. The second kappa shape index (κ2) is 7.72. The van der Waals surface area contributed by atoms with Gasteiger partial charge in [0.15, 0.2) is 0 Å². The smallest absolute Gasteiger partial charge is 0.257 e. The molecule has 0 spiro atoms. The summed E-state index contributed by atoms with van der Waals surface area (Å²) in [6.07, 6.45) is 1.11. The van der Waals surface area contributed by atoms with E-state index in [4.69, 9.17) is 0 Å². The van der Waals surface area contributed by atoms with Crippen molar-refractivity contribution in [2.75, 3.05) is 28.7 Å². The van der Waals surface area contributed by atoms with Gasteiger partial charge in [-0.05, 0) is 30.0 Å². The average molecular weight is 364 g/mol. The molecule has 2 aromatic carbocycles. The highest BCUT2D eigenvalue weighted by atomic mass is 32.2. The third-order valence-corrected chi connectivity index (χ3v) is 5.57. The summed E-state index contributed by atoms with van der Waals surface area (Å²) in [4.78, 5) is 13.7. The van der Waals surface area contributed by atoms with E-state index in [1.807, 2.05) is 31.2 Å². The zero-order chi connectivity index (χ0) is 17.7. The van der Waals surface area contributed by atoms with Crippen molar-refractivity contribution < 1.29 is 13.2 Å². The summed E-state index contributed by atoms with van der Waals surface area (Å²) in [7, 11) is -2.02. The standard InChI is InChI=1S/C17H20N2O3S2/c1-4-23-16-12-8-6-10-14(16)18-17(20)13-9-5-7-11-15(13)19(2)24(3,21)22/h5-12H,4H2,1-3H3,(H,18,20). The van der Waals surface area contributed by atoms with Gasteiger partial charge in [-0.15, -0.1) is 11.8 Å². The summed E-state index contributed by atoms with van der Waals surface area (Å²) >= 11 is 1.63. The molecular weight excluding hydrogens is 344 g/mol. The maximum atomic E-state index is 12.7. The lowest BCUT2D eigenvalue weighted by Crippen LogP contribution is -2.27. The normalized spacial score (nSPS) is 11.1. The van der Waals surface area contributed by atoms with Crippen molar-refractivity contribution >= 4 is 39.1 Å². The number of carbonyl (C=O) groups is 1. The van der Waals surface area contributed by atoms with Crippen molar-refractivity contribution in [3.63, 3.8) is 0 Å². The van der Waals surface area contributed by atoms with E-state index in [2.05, 4.69) is 5.32 Å². The van der Waals surface area contributed by atoms with Gasteiger partial charge in [-0.3, -0.25) is 9.10 Å². The van der Waals surface area contributed by atoms with Gasteiger partial charge in [0.1, 0.15) is 0 Å². The Balaban J connectivity index is 2.35. The largest absolute Gasteiger partial charge is 0.321 e. The Hall–Kier alpha value is -1.99. The highest BCUT2D eigenvalue weighted by Gasteiger charge is 2.20. The predicted octanol–water partition coefficient (Wildman–Crippen LogP) is 3.45. The van der Waals surface area contributed by atoms with E-state index >= 15 is 0 Å². The van der Waals surface area contributed by atoms with Gasteiger partial charge in [-0.2, -0.15) is 0 Å². The summed E-state index contributed by atoms with van der Waals surface area (Å²) in [5.74, 6) is 0.547. The molecule has 0 aromatic heterocycles. The topological polar surface area (TPSA) is 66.5 Å². The summed E-state index contributed by atoms with van der Waals surface area (Å²) in [6.45, 7) is 2.04. The number of hydrogen-bond donors (Lipinski definition) is 1. The first-order valence-electron chi connectivity index (χ1n) is 7.40. The number of nitrogens with one attached hydrogen (secondary N) is 1. The zero-order valence-electron chi connectivity index (χ0n) is 13.8. The monoisotopic (exact) mass is 364 g/mol. The van der Waals surface area contributed by atoms with Crippen LogP contribution in [0.2, 0.25) is 0 Å². The molecule has 0 aliphatic carbocycles. The molecule has 0 saturated heterocycles. The van der Waals surface area contributed by atoms with Gasteiger partial charge in [-0.25, -0.2) is 8.42 Å². The highest BCUT2D eigenvalue weighted by Crippen LogP contribution is 2.28. The molecule has 0 heterocycles. The van der Waals surface area contributed by atoms with E-state index < -0.39 is 10.0 Å². The molecule has 0 atom stereocenters. The van der Waals surface area contributed by atoms with Crippen LogP contribution in [-0.2, 0) is 10.0 Å². The van der Waals surface area contributed by atoms with Crippen LogP contribution >= 0.6 is 11.8 Å². The Bertz CT molecular complexity index is 835. The number of hydrogen-bond acceptors (Lipinski definition) is 4. The highest BCUT2D eigenvalue weighted by molar-refractivity contribution is 7.99. The minimum absolute atomic E-state index is 0.307. The van der Waals surface area contributed by atoms with Crippen molar-refractivity contribution in [1.82, 2.24) is 0 Å². The Labute approximate surface area is 147 Å². The van der Waals surface area contributed by atoms with Crippen LogP contribution in [0.4, 0.5) is 11.4 Å². The molecule has 1 amide bonds. The van der Waals surface area contributed by atoms with E-state index in [0.717, 1.165) is 21.2 Å². The van der Waals surface area contributed by atoms with Gasteiger partial charge in [0, 0.05) is 11.9 Å². The zero-order valence-corrected chi connectivity index (χ0v) is 15.4. The quantitative estimate of drug-likeness (QED) is 0.797. The van der Waals surface area contributed by atoms with E-state index in [-0.39, 0.29) is 5.91 Å². The van der Waals surface area contributed by atoms with Crippen molar-refractivity contribution in [2.24, 2.45) is 0 Å². The number of benzene rings is 2. The third-order valence-electron chi connectivity index (χ3n) is 3.42. The minimum Gasteiger partial charge on any atom is -0.321 e. The molecule has 2 rings (SSSR count). The van der Waals surface area contributed by atoms with Gasteiger partial charge in [0.25, 0.3) is 5.91 Å². The van der Waals surface area contributed by atoms with Crippen LogP contribution in [-0.4, -0.2) is 33.4 Å². The summed E-state index contributed by atoms with van der Waals surface area (Å²) in [5, 5.41) is 2.88. The maximum absolute atomic E-state index is 12.7. The number of anilines is 2. The van der Waals surface area contributed by atoms with E-state index in [1.165, 1.54) is 7.05 Å². The molecule has 7 heteroatoms. The molecule has 0 saturated carbocycles. The fraction of sp³-hybridized carbons (Fsp3) is 0.235. The molecule has 0 bridgehead atoms. The average Bonchev–Trinajstić information content (AvgIpc) is 2.55. The fourth-order valence-electron chi connectivity index (χ4n) is 2.16. The summed E-state index contributed by atoms with van der Waals surface area (Å²) in [6, 6.07) is 14.2.